The minimum atomic E-state index is 0.132. The van der Waals surface area contributed by atoms with Crippen molar-refractivity contribution >= 4 is 22.5 Å². The third-order valence-electron chi connectivity index (χ3n) is 7.74. The summed E-state index contributed by atoms with van der Waals surface area (Å²) in [5, 5.41) is 4.51. The molecule has 1 aromatic heterocycles. The summed E-state index contributed by atoms with van der Waals surface area (Å²) in [6.07, 6.45) is 9.62. The number of hydrogen-bond acceptors (Lipinski definition) is 5. The smallest absolute Gasteiger partial charge is 0.227 e. The van der Waals surface area contributed by atoms with E-state index >= 15 is 0 Å². The van der Waals surface area contributed by atoms with Crippen LogP contribution in [0.25, 0.3) is 22.0 Å². The molecule has 0 amide bonds. The first kappa shape index (κ1) is 23.9. The Kier molecular flexibility index (Phi) is 6.79. The standard InChI is InChI=1S/C32H36N4O/c1-22(2)37-29-9-5-7-25(20-29)30-10-6-8-26-21-33-32(35-31(26)30)34-27-14-11-23-12-15-28(16-13-24(23)19-27)36-17-3-4-18-36/h5-11,14,19-22,28H,3-4,12-13,15-18H2,1-2H3,(H,33,34,35)/t28-/m0/s1. The lowest BCUT2D eigenvalue weighted by Crippen LogP contribution is -2.32. The second-order valence-corrected chi connectivity index (χ2v) is 10.7. The van der Waals surface area contributed by atoms with Crippen molar-refractivity contribution < 1.29 is 4.74 Å². The summed E-state index contributed by atoms with van der Waals surface area (Å²) in [5.41, 5.74) is 7.12. The Bertz CT molecular complexity index is 1390. The quantitative estimate of drug-likeness (QED) is 0.289. The molecule has 190 valence electrons. The predicted octanol–water partition coefficient (Wildman–Crippen LogP) is 7.17. The second-order valence-electron chi connectivity index (χ2n) is 10.7. The van der Waals surface area contributed by atoms with Gasteiger partial charge < -0.3 is 15.0 Å². The minimum absolute atomic E-state index is 0.132. The summed E-state index contributed by atoms with van der Waals surface area (Å²) >= 11 is 0. The fourth-order valence-corrected chi connectivity index (χ4v) is 5.93. The summed E-state index contributed by atoms with van der Waals surface area (Å²) < 4.78 is 5.93. The Morgan fingerprint density at radius 1 is 0.919 bits per heavy atom. The zero-order chi connectivity index (χ0) is 25.2. The SMILES string of the molecule is CC(C)Oc1cccc(-c2cccc3cnc(Nc4ccc5c(c4)CC[C@@H](N4CCCC4)CC5)nc23)c1. The van der Waals surface area contributed by atoms with Crippen LogP contribution in [0.15, 0.2) is 66.9 Å². The second kappa shape index (κ2) is 10.5. The van der Waals surface area contributed by atoms with Crippen LogP contribution in [-0.4, -0.2) is 40.1 Å². The molecule has 4 aromatic rings. The van der Waals surface area contributed by atoms with Crippen LogP contribution in [0.2, 0.25) is 0 Å². The number of fused-ring (bicyclic) bond motifs is 2. The number of likely N-dealkylation sites (tertiary alicyclic amines) is 1. The maximum Gasteiger partial charge on any atom is 0.227 e. The van der Waals surface area contributed by atoms with Gasteiger partial charge in [0.2, 0.25) is 5.95 Å². The number of ether oxygens (including phenoxy) is 1. The van der Waals surface area contributed by atoms with Gasteiger partial charge in [-0.15, -0.1) is 0 Å². The van der Waals surface area contributed by atoms with Crippen molar-refractivity contribution in [1.29, 1.82) is 0 Å². The molecule has 0 bridgehead atoms. The van der Waals surface area contributed by atoms with E-state index in [4.69, 9.17) is 9.72 Å². The summed E-state index contributed by atoms with van der Waals surface area (Å²) in [6, 6.07) is 22.0. The highest BCUT2D eigenvalue weighted by Gasteiger charge is 2.24. The highest BCUT2D eigenvalue weighted by Crippen LogP contribution is 2.32. The number of benzene rings is 3. The van der Waals surface area contributed by atoms with Crippen LogP contribution in [-0.2, 0) is 12.8 Å². The Labute approximate surface area is 219 Å². The van der Waals surface area contributed by atoms with Crippen molar-refractivity contribution in [3.63, 3.8) is 0 Å². The van der Waals surface area contributed by atoms with E-state index in [1.54, 1.807) is 0 Å². The number of para-hydroxylation sites is 1. The maximum absolute atomic E-state index is 5.93. The van der Waals surface area contributed by atoms with E-state index in [1.165, 1.54) is 56.3 Å². The fraction of sp³-hybridized carbons (Fsp3) is 0.375. The average molecular weight is 493 g/mol. The van der Waals surface area contributed by atoms with Crippen LogP contribution >= 0.6 is 0 Å². The van der Waals surface area contributed by atoms with Gasteiger partial charge in [0, 0.05) is 28.9 Å². The lowest BCUT2D eigenvalue weighted by Gasteiger charge is -2.25. The van der Waals surface area contributed by atoms with Crippen LogP contribution in [0.4, 0.5) is 11.6 Å². The largest absolute Gasteiger partial charge is 0.491 e. The molecular formula is C32H36N4O. The highest BCUT2D eigenvalue weighted by atomic mass is 16.5. The fourth-order valence-electron chi connectivity index (χ4n) is 5.93. The van der Waals surface area contributed by atoms with Gasteiger partial charge in [0.15, 0.2) is 0 Å². The van der Waals surface area contributed by atoms with E-state index in [0.717, 1.165) is 45.9 Å². The first-order valence-electron chi connectivity index (χ1n) is 13.8. The number of aryl methyl sites for hydroxylation is 2. The molecule has 2 aliphatic rings. The first-order valence-corrected chi connectivity index (χ1v) is 13.8. The molecule has 1 N–H and O–H groups in total. The summed E-state index contributed by atoms with van der Waals surface area (Å²) in [4.78, 5) is 12.3. The molecule has 0 spiro atoms. The maximum atomic E-state index is 5.93. The lowest BCUT2D eigenvalue weighted by molar-refractivity contribution is 0.222. The van der Waals surface area contributed by atoms with E-state index in [1.807, 2.05) is 32.2 Å². The molecule has 1 fully saturated rings. The number of nitrogens with zero attached hydrogens (tertiary/aromatic N) is 3. The van der Waals surface area contributed by atoms with Gasteiger partial charge in [0.25, 0.3) is 0 Å². The Morgan fingerprint density at radius 2 is 1.73 bits per heavy atom. The zero-order valence-corrected chi connectivity index (χ0v) is 21.9. The minimum Gasteiger partial charge on any atom is -0.491 e. The zero-order valence-electron chi connectivity index (χ0n) is 21.9. The van der Waals surface area contributed by atoms with Crippen molar-refractivity contribution in [2.45, 2.75) is 64.5 Å². The third-order valence-corrected chi connectivity index (χ3v) is 7.74. The normalized spacial score (nSPS) is 18.1. The van der Waals surface area contributed by atoms with Crippen molar-refractivity contribution in [2.75, 3.05) is 18.4 Å². The van der Waals surface area contributed by atoms with E-state index in [0.29, 0.717) is 5.95 Å². The molecule has 1 aliphatic carbocycles. The van der Waals surface area contributed by atoms with E-state index in [-0.39, 0.29) is 6.10 Å². The van der Waals surface area contributed by atoms with E-state index < -0.39 is 0 Å². The molecule has 37 heavy (non-hydrogen) atoms. The van der Waals surface area contributed by atoms with Crippen LogP contribution < -0.4 is 10.1 Å². The van der Waals surface area contributed by atoms with Crippen molar-refractivity contribution in [1.82, 2.24) is 14.9 Å². The lowest BCUT2D eigenvalue weighted by atomic mass is 10.0. The van der Waals surface area contributed by atoms with Gasteiger partial charge in [-0.25, -0.2) is 9.97 Å². The van der Waals surface area contributed by atoms with Crippen LogP contribution in [0.5, 0.6) is 5.75 Å². The Hall–Kier alpha value is -3.44. The number of aromatic nitrogens is 2. The molecule has 6 rings (SSSR count). The Morgan fingerprint density at radius 3 is 2.57 bits per heavy atom. The molecule has 1 atom stereocenters. The monoisotopic (exact) mass is 492 g/mol. The molecule has 5 heteroatoms. The molecule has 0 saturated carbocycles. The summed E-state index contributed by atoms with van der Waals surface area (Å²) in [7, 11) is 0. The van der Waals surface area contributed by atoms with Crippen LogP contribution in [0.3, 0.4) is 0 Å². The topological polar surface area (TPSA) is 50.3 Å². The molecular weight excluding hydrogens is 456 g/mol. The average Bonchev–Trinajstić information content (AvgIpc) is 3.36. The van der Waals surface area contributed by atoms with E-state index in [9.17, 15) is 0 Å². The molecule has 1 aliphatic heterocycles. The van der Waals surface area contributed by atoms with Gasteiger partial charge in [0.1, 0.15) is 5.75 Å². The number of nitrogens with one attached hydrogen (secondary N) is 1. The van der Waals surface area contributed by atoms with Crippen molar-refractivity contribution in [2.24, 2.45) is 0 Å². The Balaban J connectivity index is 1.25. The number of hydrogen-bond donors (Lipinski definition) is 1. The van der Waals surface area contributed by atoms with Gasteiger partial charge in [-0.1, -0.05) is 36.4 Å². The summed E-state index contributed by atoms with van der Waals surface area (Å²) in [6.45, 7) is 6.66. The molecule has 5 nitrogen and oxygen atoms in total. The van der Waals surface area contributed by atoms with Crippen LogP contribution in [0.1, 0.15) is 50.7 Å². The first-order chi connectivity index (χ1) is 18.1. The predicted molar refractivity (Wildman–Crippen MR) is 152 cm³/mol. The number of rotatable bonds is 6. The van der Waals surface area contributed by atoms with E-state index in [2.05, 4.69) is 63.7 Å². The highest BCUT2D eigenvalue weighted by molar-refractivity contribution is 5.94. The van der Waals surface area contributed by atoms with Gasteiger partial charge in [-0.3, -0.25) is 0 Å². The molecule has 2 heterocycles. The third kappa shape index (κ3) is 5.33. The van der Waals surface area contributed by atoms with Gasteiger partial charge in [-0.2, -0.15) is 0 Å². The van der Waals surface area contributed by atoms with Gasteiger partial charge in [0.05, 0.1) is 11.6 Å². The van der Waals surface area contributed by atoms with Crippen molar-refractivity contribution in [3.05, 3.63) is 78.0 Å². The van der Waals surface area contributed by atoms with Gasteiger partial charge in [-0.05, 0) is 106 Å². The van der Waals surface area contributed by atoms with Gasteiger partial charge >= 0.3 is 0 Å². The number of anilines is 2. The molecule has 3 aromatic carbocycles. The molecule has 1 saturated heterocycles. The molecule has 0 radical (unpaired) electrons. The van der Waals surface area contributed by atoms with Crippen LogP contribution in [0, 0.1) is 0 Å². The van der Waals surface area contributed by atoms with Crippen molar-refractivity contribution in [3.8, 4) is 16.9 Å². The molecule has 0 unspecified atom stereocenters. The summed E-state index contributed by atoms with van der Waals surface area (Å²) in [5.74, 6) is 1.49.